The van der Waals surface area contributed by atoms with Crippen molar-refractivity contribution in [3.05, 3.63) is 53.1 Å². The number of ether oxygens (including phenoxy) is 2. The second-order valence-electron chi connectivity index (χ2n) is 5.06. The summed E-state index contributed by atoms with van der Waals surface area (Å²) < 4.78 is 11.0. The van der Waals surface area contributed by atoms with Crippen LogP contribution >= 0.6 is 11.6 Å². The van der Waals surface area contributed by atoms with E-state index in [4.69, 9.17) is 21.1 Å². The Kier molecular flexibility index (Phi) is 5.88. The van der Waals surface area contributed by atoms with Crippen LogP contribution in [-0.4, -0.2) is 19.1 Å². The van der Waals surface area contributed by atoms with E-state index in [1.165, 1.54) is 7.11 Å². The number of hydrogen-bond acceptors (Lipinski definition) is 3. The zero-order valence-corrected chi connectivity index (χ0v) is 14.2. The second kappa shape index (κ2) is 7.88. The van der Waals surface area contributed by atoms with Gasteiger partial charge in [0.2, 0.25) is 0 Å². The molecule has 1 atom stereocenters. The van der Waals surface area contributed by atoms with Crippen LogP contribution in [0.15, 0.2) is 42.5 Å². The summed E-state index contributed by atoms with van der Waals surface area (Å²) in [6.45, 7) is 3.75. The van der Waals surface area contributed by atoms with Gasteiger partial charge >= 0.3 is 0 Å². The lowest BCUT2D eigenvalue weighted by atomic mass is 10.1. The summed E-state index contributed by atoms with van der Waals surface area (Å²) in [5.74, 6) is 0.996. The molecule has 4 nitrogen and oxygen atoms in total. The van der Waals surface area contributed by atoms with E-state index >= 15 is 0 Å². The lowest BCUT2D eigenvalue weighted by Gasteiger charge is -2.18. The number of aryl methyl sites for hydroxylation is 1. The molecule has 0 bridgehead atoms. The topological polar surface area (TPSA) is 47.6 Å². The molecule has 1 N–H and O–H groups in total. The molecule has 0 saturated carbocycles. The lowest BCUT2D eigenvalue weighted by molar-refractivity contribution is -0.122. The summed E-state index contributed by atoms with van der Waals surface area (Å²) in [6, 6.07) is 12.7. The third-order valence-corrected chi connectivity index (χ3v) is 3.68. The molecule has 1 amide bonds. The number of rotatable bonds is 6. The Hall–Kier alpha value is -2.20. The van der Waals surface area contributed by atoms with Crippen LogP contribution in [0.25, 0.3) is 0 Å². The molecule has 23 heavy (non-hydrogen) atoms. The zero-order valence-electron chi connectivity index (χ0n) is 13.4. The zero-order chi connectivity index (χ0) is 16.8. The predicted octanol–water partition coefficient (Wildman–Crippen LogP) is 4.32. The van der Waals surface area contributed by atoms with Gasteiger partial charge in [-0.25, -0.2) is 0 Å². The molecule has 2 aromatic rings. The Morgan fingerprint density at radius 1 is 1.22 bits per heavy atom. The third-order valence-electron chi connectivity index (χ3n) is 3.45. The predicted molar refractivity (Wildman–Crippen MR) is 92.5 cm³/mol. The first-order chi connectivity index (χ1) is 11.0. The maximum Gasteiger partial charge on any atom is 0.265 e. The van der Waals surface area contributed by atoms with Crippen LogP contribution < -0.4 is 14.8 Å². The Labute approximate surface area is 141 Å². The van der Waals surface area contributed by atoms with Crippen LogP contribution in [0.3, 0.4) is 0 Å². The van der Waals surface area contributed by atoms with E-state index in [1.54, 1.807) is 25.1 Å². The molecular formula is C18H20ClNO3. The van der Waals surface area contributed by atoms with Crippen LogP contribution in [0.1, 0.15) is 19.4 Å². The van der Waals surface area contributed by atoms with E-state index in [2.05, 4.69) is 5.32 Å². The fourth-order valence-corrected chi connectivity index (χ4v) is 2.34. The number of anilines is 1. The van der Waals surface area contributed by atoms with E-state index in [9.17, 15) is 4.79 Å². The number of carbonyl (C=O) groups excluding carboxylic acids is 1. The van der Waals surface area contributed by atoms with E-state index in [0.717, 1.165) is 17.7 Å². The summed E-state index contributed by atoms with van der Waals surface area (Å²) >= 11 is 5.97. The number of benzene rings is 2. The molecule has 2 rings (SSSR count). The van der Waals surface area contributed by atoms with E-state index in [1.807, 2.05) is 31.2 Å². The molecule has 122 valence electrons. The Bertz CT molecular complexity index is 688. The minimum atomic E-state index is -0.647. The van der Waals surface area contributed by atoms with E-state index in [-0.39, 0.29) is 5.91 Å². The monoisotopic (exact) mass is 333 g/mol. The molecule has 0 fully saturated rings. The maximum absolute atomic E-state index is 12.4. The molecule has 0 aliphatic rings. The minimum absolute atomic E-state index is 0.267. The fourth-order valence-electron chi connectivity index (χ4n) is 2.17. The molecule has 2 aromatic carbocycles. The van der Waals surface area contributed by atoms with Gasteiger partial charge < -0.3 is 14.8 Å². The van der Waals surface area contributed by atoms with Crippen molar-refractivity contribution in [2.75, 3.05) is 12.4 Å². The van der Waals surface area contributed by atoms with Crippen molar-refractivity contribution in [3.8, 4) is 11.5 Å². The maximum atomic E-state index is 12.4. The molecule has 0 aliphatic heterocycles. The van der Waals surface area contributed by atoms with Crippen molar-refractivity contribution in [3.63, 3.8) is 0 Å². The second-order valence-corrected chi connectivity index (χ2v) is 5.49. The van der Waals surface area contributed by atoms with Crippen LogP contribution in [0.5, 0.6) is 11.5 Å². The van der Waals surface area contributed by atoms with E-state index < -0.39 is 6.10 Å². The van der Waals surface area contributed by atoms with Crippen molar-refractivity contribution in [1.29, 1.82) is 0 Å². The van der Waals surface area contributed by atoms with E-state index in [0.29, 0.717) is 16.5 Å². The molecule has 0 aliphatic carbocycles. The standard InChI is InChI=1S/C18H20ClNO3/c1-4-13-7-5-6-8-16(13)23-12(2)18(21)20-15-11-14(19)9-10-17(15)22-3/h5-12H,4H2,1-3H3,(H,20,21)/t12-/m1/s1. The van der Waals surface area contributed by atoms with Crippen molar-refractivity contribution in [2.45, 2.75) is 26.4 Å². The van der Waals surface area contributed by atoms with Gasteiger partial charge in [-0.1, -0.05) is 36.7 Å². The van der Waals surface area contributed by atoms with Crippen LogP contribution in [-0.2, 0) is 11.2 Å². The molecule has 0 heterocycles. The smallest absolute Gasteiger partial charge is 0.265 e. The molecular weight excluding hydrogens is 314 g/mol. The van der Waals surface area contributed by atoms with Gasteiger partial charge in [0.15, 0.2) is 6.10 Å². The Morgan fingerprint density at radius 3 is 2.65 bits per heavy atom. The third kappa shape index (κ3) is 4.39. The highest BCUT2D eigenvalue weighted by Crippen LogP contribution is 2.28. The van der Waals surface area contributed by atoms with Crippen LogP contribution in [0, 0.1) is 0 Å². The quantitative estimate of drug-likeness (QED) is 0.856. The number of hydrogen-bond donors (Lipinski definition) is 1. The van der Waals surface area contributed by atoms with Gasteiger partial charge in [-0.3, -0.25) is 4.79 Å². The SMILES string of the molecule is CCc1ccccc1O[C@H](C)C(=O)Nc1cc(Cl)ccc1OC. The molecule has 0 radical (unpaired) electrons. The Balaban J connectivity index is 2.10. The molecule has 0 aromatic heterocycles. The lowest BCUT2D eigenvalue weighted by Crippen LogP contribution is -2.30. The largest absolute Gasteiger partial charge is 0.495 e. The summed E-state index contributed by atoms with van der Waals surface area (Å²) in [6.07, 6.45) is 0.193. The number of methoxy groups -OCH3 is 1. The minimum Gasteiger partial charge on any atom is -0.495 e. The van der Waals surface area contributed by atoms with Crippen LogP contribution in [0.4, 0.5) is 5.69 Å². The van der Waals surface area contributed by atoms with Crippen LogP contribution in [0.2, 0.25) is 5.02 Å². The first kappa shape index (κ1) is 17.2. The first-order valence-electron chi connectivity index (χ1n) is 7.44. The number of para-hydroxylation sites is 1. The van der Waals surface area contributed by atoms with Gasteiger partial charge in [-0.05, 0) is 43.2 Å². The number of carbonyl (C=O) groups is 1. The summed E-state index contributed by atoms with van der Waals surface area (Å²) in [5, 5.41) is 3.31. The van der Waals surface area contributed by atoms with Gasteiger partial charge in [0.1, 0.15) is 11.5 Å². The molecule has 0 spiro atoms. The normalized spacial score (nSPS) is 11.7. The summed E-state index contributed by atoms with van der Waals surface area (Å²) in [7, 11) is 1.54. The average Bonchev–Trinajstić information content (AvgIpc) is 2.55. The number of amides is 1. The van der Waals surface area contributed by atoms with Gasteiger partial charge in [0, 0.05) is 5.02 Å². The van der Waals surface area contributed by atoms with Gasteiger partial charge in [0.25, 0.3) is 5.91 Å². The van der Waals surface area contributed by atoms with Crippen molar-refractivity contribution in [1.82, 2.24) is 0 Å². The molecule has 5 heteroatoms. The molecule has 0 unspecified atom stereocenters. The van der Waals surface area contributed by atoms with Gasteiger partial charge in [-0.2, -0.15) is 0 Å². The highest BCUT2D eigenvalue weighted by Gasteiger charge is 2.18. The average molecular weight is 334 g/mol. The van der Waals surface area contributed by atoms with Crippen molar-refractivity contribution in [2.24, 2.45) is 0 Å². The first-order valence-corrected chi connectivity index (χ1v) is 7.82. The number of halogens is 1. The summed E-state index contributed by atoms with van der Waals surface area (Å²) in [5.41, 5.74) is 1.58. The van der Waals surface area contributed by atoms with Crippen molar-refractivity contribution < 1.29 is 14.3 Å². The summed E-state index contributed by atoms with van der Waals surface area (Å²) in [4.78, 5) is 12.4. The van der Waals surface area contributed by atoms with Gasteiger partial charge in [-0.15, -0.1) is 0 Å². The fraction of sp³-hybridized carbons (Fsp3) is 0.278. The highest BCUT2D eigenvalue weighted by atomic mass is 35.5. The van der Waals surface area contributed by atoms with Gasteiger partial charge in [0.05, 0.1) is 12.8 Å². The van der Waals surface area contributed by atoms with Crippen molar-refractivity contribution >= 4 is 23.2 Å². The molecule has 0 saturated heterocycles. The Morgan fingerprint density at radius 2 is 1.96 bits per heavy atom. The highest BCUT2D eigenvalue weighted by molar-refractivity contribution is 6.31. The number of nitrogens with one attached hydrogen (secondary N) is 1.